The molecule has 16 heavy (non-hydrogen) atoms. The maximum Gasteiger partial charge on any atom is 0.183 e. The second-order valence-electron chi connectivity index (χ2n) is 3.13. The van der Waals surface area contributed by atoms with Gasteiger partial charge in [0.1, 0.15) is 5.75 Å². The van der Waals surface area contributed by atoms with Crippen molar-refractivity contribution < 1.29 is 9.13 Å². The van der Waals surface area contributed by atoms with Gasteiger partial charge >= 0.3 is 0 Å². The molecule has 0 fully saturated rings. The number of hydrogen-bond acceptors (Lipinski definition) is 3. The largest absolute Gasteiger partial charge is 0.497 e. The van der Waals surface area contributed by atoms with Crippen LogP contribution in [-0.4, -0.2) is 17.1 Å². The number of rotatable bonds is 2. The smallest absolute Gasteiger partial charge is 0.183 e. The first kappa shape index (κ1) is 10.8. The van der Waals surface area contributed by atoms with Crippen molar-refractivity contribution in [3.05, 3.63) is 41.1 Å². The summed E-state index contributed by atoms with van der Waals surface area (Å²) >= 11 is 4.76. The van der Waals surface area contributed by atoms with Crippen molar-refractivity contribution in [1.82, 2.24) is 9.97 Å². The number of nitrogens with zero attached hydrogens (tertiary/aromatic N) is 1. The van der Waals surface area contributed by atoms with Gasteiger partial charge in [-0.3, -0.25) is 0 Å². The van der Waals surface area contributed by atoms with Crippen molar-refractivity contribution in [1.29, 1.82) is 0 Å². The first-order valence-electron chi connectivity index (χ1n) is 4.60. The molecule has 0 atom stereocenters. The zero-order valence-corrected chi connectivity index (χ0v) is 9.34. The Morgan fingerprint density at radius 2 is 2.25 bits per heavy atom. The Balaban J connectivity index is 2.58. The van der Waals surface area contributed by atoms with Crippen molar-refractivity contribution in [2.45, 2.75) is 0 Å². The number of methoxy groups -OCH3 is 1. The van der Waals surface area contributed by atoms with E-state index in [-0.39, 0.29) is 4.64 Å². The first-order chi connectivity index (χ1) is 7.72. The number of aromatic nitrogens is 2. The third-order valence-electron chi connectivity index (χ3n) is 2.16. The molecule has 0 saturated heterocycles. The highest BCUT2D eigenvalue weighted by atomic mass is 32.1. The molecular formula is C11H9FN2OS. The maximum absolute atomic E-state index is 13.7. The molecule has 0 aliphatic heterocycles. The third-order valence-corrected chi connectivity index (χ3v) is 2.44. The molecule has 1 aromatic carbocycles. The summed E-state index contributed by atoms with van der Waals surface area (Å²) in [4.78, 5) is 6.40. The van der Waals surface area contributed by atoms with Crippen LogP contribution in [0, 0.1) is 10.5 Å². The van der Waals surface area contributed by atoms with Crippen LogP contribution in [0.4, 0.5) is 4.39 Å². The van der Waals surface area contributed by atoms with E-state index in [0.717, 1.165) is 0 Å². The zero-order chi connectivity index (χ0) is 11.5. The average molecular weight is 236 g/mol. The molecule has 0 spiro atoms. The Kier molecular flexibility index (Phi) is 2.96. The van der Waals surface area contributed by atoms with Gasteiger partial charge in [-0.25, -0.2) is 9.37 Å². The number of benzene rings is 1. The predicted molar refractivity (Wildman–Crippen MR) is 61.4 cm³/mol. The van der Waals surface area contributed by atoms with E-state index in [4.69, 9.17) is 17.0 Å². The summed E-state index contributed by atoms with van der Waals surface area (Å²) in [6.45, 7) is 0. The van der Waals surface area contributed by atoms with Crippen LogP contribution in [0.5, 0.6) is 5.75 Å². The molecule has 2 aromatic rings. The molecule has 3 nitrogen and oxygen atoms in total. The molecule has 0 amide bonds. The summed E-state index contributed by atoms with van der Waals surface area (Å²) in [5.74, 6) is 0.138. The average Bonchev–Trinajstić information content (AvgIpc) is 2.33. The summed E-state index contributed by atoms with van der Waals surface area (Å²) < 4.78 is 18.7. The number of hydrogen-bond donors (Lipinski definition) is 1. The van der Waals surface area contributed by atoms with E-state index >= 15 is 0 Å². The van der Waals surface area contributed by atoms with Crippen LogP contribution in [0.25, 0.3) is 11.3 Å². The molecule has 0 saturated carbocycles. The van der Waals surface area contributed by atoms with Gasteiger partial charge in [0.25, 0.3) is 0 Å². The van der Waals surface area contributed by atoms with Crippen LogP contribution in [0.1, 0.15) is 0 Å². The van der Waals surface area contributed by atoms with Crippen molar-refractivity contribution in [2.75, 3.05) is 7.11 Å². The second-order valence-corrected chi connectivity index (χ2v) is 3.52. The highest BCUT2D eigenvalue weighted by molar-refractivity contribution is 7.71. The van der Waals surface area contributed by atoms with Crippen molar-refractivity contribution >= 4 is 12.2 Å². The number of nitrogens with one attached hydrogen (secondary N) is 1. The van der Waals surface area contributed by atoms with E-state index in [1.807, 2.05) is 0 Å². The summed E-state index contributed by atoms with van der Waals surface area (Å²) in [7, 11) is 1.56. The lowest BCUT2D eigenvalue weighted by Crippen LogP contribution is -1.93. The zero-order valence-electron chi connectivity index (χ0n) is 8.53. The Morgan fingerprint density at radius 1 is 1.44 bits per heavy atom. The highest BCUT2D eigenvalue weighted by Crippen LogP contribution is 2.23. The Bertz CT molecular complexity index is 568. The van der Waals surface area contributed by atoms with E-state index in [9.17, 15) is 4.39 Å². The summed E-state index contributed by atoms with van der Waals surface area (Å²) in [5, 5.41) is 0. The molecule has 0 radical (unpaired) electrons. The molecule has 0 bridgehead atoms. The first-order valence-corrected chi connectivity index (χ1v) is 5.01. The molecule has 0 unspecified atom stereocenters. The van der Waals surface area contributed by atoms with Gasteiger partial charge in [0, 0.05) is 5.56 Å². The van der Waals surface area contributed by atoms with Crippen LogP contribution in [0.3, 0.4) is 0 Å². The van der Waals surface area contributed by atoms with E-state index in [1.54, 1.807) is 31.4 Å². The third kappa shape index (κ3) is 1.94. The molecule has 0 aliphatic rings. The standard InChI is InChI=1S/C11H9FN2OS/c1-15-8-4-2-3-7(5-8)10-9(12)11(16)14-6-13-10/h2-6H,1H3,(H,13,14,16). The molecular weight excluding hydrogens is 227 g/mol. The normalized spacial score (nSPS) is 10.1. The number of aromatic amines is 1. The topological polar surface area (TPSA) is 37.9 Å². The molecule has 1 heterocycles. The Hall–Kier alpha value is -1.75. The summed E-state index contributed by atoms with van der Waals surface area (Å²) in [5.41, 5.74) is 0.990. The SMILES string of the molecule is COc1cccc(-c2[nH]cnc(=S)c2F)c1. The molecule has 2 rings (SSSR count). The van der Waals surface area contributed by atoms with Gasteiger partial charge in [-0.15, -0.1) is 0 Å². The lowest BCUT2D eigenvalue weighted by atomic mass is 10.1. The second kappa shape index (κ2) is 4.40. The minimum Gasteiger partial charge on any atom is -0.497 e. The van der Waals surface area contributed by atoms with Crippen LogP contribution in [-0.2, 0) is 0 Å². The highest BCUT2D eigenvalue weighted by Gasteiger charge is 2.07. The van der Waals surface area contributed by atoms with Gasteiger partial charge in [-0.2, -0.15) is 0 Å². The summed E-state index contributed by atoms with van der Waals surface area (Å²) in [6.07, 6.45) is 1.38. The van der Waals surface area contributed by atoms with Gasteiger partial charge in [0.15, 0.2) is 10.5 Å². The van der Waals surface area contributed by atoms with E-state index in [2.05, 4.69) is 9.97 Å². The van der Waals surface area contributed by atoms with E-state index in [0.29, 0.717) is 17.0 Å². The molecule has 1 N–H and O–H groups in total. The molecule has 5 heteroatoms. The molecule has 1 aromatic heterocycles. The van der Waals surface area contributed by atoms with Crippen molar-refractivity contribution in [3.8, 4) is 17.0 Å². The predicted octanol–water partition coefficient (Wildman–Crippen LogP) is 2.95. The number of H-pyrrole nitrogens is 1. The van der Waals surface area contributed by atoms with Gasteiger partial charge in [-0.05, 0) is 12.1 Å². The lowest BCUT2D eigenvalue weighted by Gasteiger charge is -2.05. The van der Waals surface area contributed by atoms with E-state index in [1.165, 1.54) is 6.33 Å². The minimum atomic E-state index is -0.522. The van der Waals surface area contributed by atoms with E-state index < -0.39 is 5.82 Å². The van der Waals surface area contributed by atoms with Gasteiger partial charge < -0.3 is 9.72 Å². The number of halogens is 1. The minimum absolute atomic E-state index is 0.0448. The number of ether oxygens (including phenoxy) is 1. The quantitative estimate of drug-likeness (QED) is 0.815. The van der Waals surface area contributed by atoms with Crippen LogP contribution < -0.4 is 4.74 Å². The van der Waals surface area contributed by atoms with Crippen molar-refractivity contribution in [2.24, 2.45) is 0 Å². The summed E-state index contributed by atoms with van der Waals surface area (Å²) in [6, 6.07) is 7.07. The fourth-order valence-corrected chi connectivity index (χ4v) is 1.53. The molecule has 82 valence electrons. The molecule has 0 aliphatic carbocycles. The van der Waals surface area contributed by atoms with Gasteiger partial charge in [0.2, 0.25) is 0 Å². The van der Waals surface area contributed by atoms with Crippen LogP contribution in [0.2, 0.25) is 0 Å². The maximum atomic E-state index is 13.7. The monoisotopic (exact) mass is 236 g/mol. The van der Waals surface area contributed by atoms with Gasteiger partial charge in [0.05, 0.1) is 19.1 Å². The fourth-order valence-electron chi connectivity index (χ4n) is 1.37. The van der Waals surface area contributed by atoms with Gasteiger partial charge in [-0.1, -0.05) is 24.4 Å². The Morgan fingerprint density at radius 3 is 3.00 bits per heavy atom. The lowest BCUT2D eigenvalue weighted by molar-refractivity contribution is 0.415. The Labute approximate surface area is 96.9 Å². The van der Waals surface area contributed by atoms with Crippen LogP contribution >= 0.6 is 12.2 Å². The van der Waals surface area contributed by atoms with Crippen molar-refractivity contribution in [3.63, 3.8) is 0 Å². The van der Waals surface area contributed by atoms with Crippen LogP contribution in [0.15, 0.2) is 30.6 Å². The fraction of sp³-hybridized carbons (Fsp3) is 0.0909.